The Hall–Kier alpha value is -1.76. The van der Waals surface area contributed by atoms with Gasteiger partial charge < -0.3 is 9.30 Å². The summed E-state index contributed by atoms with van der Waals surface area (Å²) in [5.41, 5.74) is 0.721. The summed E-state index contributed by atoms with van der Waals surface area (Å²) < 4.78 is 7.97. The Balaban J connectivity index is 1.57. The first-order chi connectivity index (χ1) is 14.0. The predicted molar refractivity (Wildman–Crippen MR) is 115 cm³/mol. The number of aromatic nitrogens is 2. The summed E-state index contributed by atoms with van der Waals surface area (Å²) >= 11 is 18.4. The van der Waals surface area contributed by atoms with Crippen molar-refractivity contribution < 1.29 is 9.57 Å². The van der Waals surface area contributed by atoms with Gasteiger partial charge in [0.1, 0.15) is 18.5 Å². The third-order valence-corrected chi connectivity index (χ3v) is 5.98. The van der Waals surface area contributed by atoms with E-state index in [2.05, 4.69) is 4.98 Å². The number of hydrogen-bond donors (Lipinski definition) is 0. The molecular formula is C21H20Cl3N3O2. The van der Waals surface area contributed by atoms with Crippen LogP contribution in [0.2, 0.25) is 15.1 Å². The molecule has 2 unspecified atom stereocenters. The lowest BCUT2D eigenvalue weighted by molar-refractivity contribution is -0.179. The zero-order valence-electron chi connectivity index (χ0n) is 15.8. The fraction of sp³-hybridized carbons (Fsp3) is 0.286. The van der Waals surface area contributed by atoms with E-state index >= 15 is 0 Å². The minimum absolute atomic E-state index is 0.158. The molecule has 0 bridgehead atoms. The van der Waals surface area contributed by atoms with Crippen LogP contribution in [0, 0.1) is 0 Å². The zero-order chi connectivity index (χ0) is 20.4. The van der Waals surface area contributed by atoms with Crippen molar-refractivity contribution in [3.63, 3.8) is 0 Å². The minimum Gasteiger partial charge on any atom is -0.489 e. The molecule has 1 aliphatic rings. The monoisotopic (exact) mass is 451 g/mol. The maximum Gasteiger partial charge on any atom is 0.139 e. The van der Waals surface area contributed by atoms with Gasteiger partial charge in [0, 0.05) is 48.5 Å². The van der Waals surface area contributed by atoms with Crippen molar-refractivity contribution in [3.8, 4) is 5.75 Å². The molecule has 1 aliphatic heterocycles. The molecular weight excluding hydrogens is 433 g/mol. The number of nitrogens with zero attached hydrogens (tertiary/aromatic N) is 3. The van der Waals surface area contributed by atoms with E-state index in [4.69, 9.17) is 44.4 Å². The van der Waals surface area contributed by atoms with Gasteiger partial charge >= 0.3 is 0 Å². The first-order valence-electron chi connectivity index (χ1n) is 9.16. The number of halogens is 3. The summed E-state index contributed by atoms with van der Waals surface area (Å²) in [6.45, 7) is 1.03. The van der Waals surface area contributed by atoms with E-state index in [0.29, 0.717) is 34.0 Å². The predicted octanol–water partition coefficient (Wildman–Crippen LogP) is 5.45. The molecule has 2 aromatic carbocycles. The van der Waals surface area contributed by atoms with Crippen molar-refractivity contribution in [2.24, 2.45) is 0 Å². The van der Waals surface area contributed by atoms with E-state index in [1.807, 2.05) is 47.1 Å². The molecule has 4 rings (SSSR count). The van der Waals surface area contributed by atoms with Crippen LogP contribution in [-0.2, 0) is 16.9 Å². The molecule has 1 aromatic heterocycles. The number of likely N-dealkylation sites (N-methyl/N-ethyl adjacent to an activating group) is 1. The summed E-state index contributed by atoms with van der Waals surface area (Å²) in [6.07, 6.45) is 6.09. The van der Waals surface area contributed by atoms with Gasteiger partial charge in [0.2, 0.25) is 0 Å². The fourth-order valence-electron chi connectivity index (χ4n) is 3.72. The number of imidazole rings is 1. The highest BCUT2D eigenvalue weighted by Gasteiger charge is 2.47. The molecule has 2 atom stereocenters. The van der Waals surface area contributed by atoms with Crippen molar-refractivity contribution >= 4 is 34.8 Å². The fourth-order valence-corrected chi connectivity index (χ4v) is 4.18. The van der Waals surface area contributed by atoms with E-state index in [-0.39, 0.29) is 6.10 Å². The van der Waals surface area contributed by atoms with E-state index in [9.17, 15) is 0 Å². The van der Waals surface area contributed by atoms with Crippen LogP contribution in [-0.4, -0.2) is 34.4 Å². The lowest BCUT2D eigenvalue weighted by Crippen LogP contribution is -2.41. The second kappa shape index (κ2) is 8.54. The molecule has 0 N–H and O–H groups in total. The second-order valence-corrected chi connectivity index (χ2v) is 8.37. The number of rotatable bonds is 6. The first-order valence-corrected chi connectivity index (χ1v) is 10.3. The summed E-state index contributed by atoms with van der Waals surface area (Å²) in [5, 5.41) is 3.69. The second-order valence-electron chi connectivity index (χ2n) is 7.09. The Labute approximate surface area is 184 Å². The van der Waals surface area contributed by atoms with E-state index in [1.54, 1.807) is 30.7 Å². The molecule has 152 valence electrons. The first kappa shape index (κ1) is 20.5. The molecule has 29 heavy (non-hydrogen) atoms. The van der Waals surface area contributed by atoms with Gasteiger partial charge in [-0.05, 0) is 29.8 Å². The van der Waals surface area contributed by atoms with Crippen LogP contribution in [0.1, 0.15) is 12.0 Å². The Morgan fingerprint density at radius 3 is 2.62 bits per heavy atom. The third-order valence-electron chi connectivity index (χ3n) is 5.18. The van der Waals surface area contributed by atoms with E-state index < -0.39 is 5.54 Å². The molecule has 0 amide bonds. The molecule has 5 nitrogen and oxygen atoms in total. The third kappa shape index (κ3) is 4.39. The lowest BCUT2D eigenvalue weighted by Gasteiger charge is -2.34. The topological polar surface area (TPSA) is 39.5 Å². The van der Waals surface area contributed by atoms with Gasteiger partial charge in [-0.1, -0.05) is 46.9 Å². The van der Waals surface area contributed by atoms with Crippen molar-refractivity contribution in [2.45, 2.75) is 24.6 Å². The van der Waals surface area contributed by atoms with Gasteiger partial charge in [-0.15, -0.1) is 0 Å². The van der Waals surface area contributed by atoms with Gasteiger partial charge in [0.05, 0.1) is 16.9 Å². The van der Waals surface area contributed by atoms with Gasteiger partial charge in [0.15, 0.2) is 0 Å². The maximum absolute atomic E-state index is 6.21. The van der Waals surface area contributed by atoms with Crippen molar-refractivity contribution in [1.29, 1.82) is 0 Å². The molecule has 2 heterocycles. The Kier molecular flexibility index (Phi) is 6.04. The highest BCUT2D eigenvalue weighted by Crippen LogP contribution is 2.41. The van der Waals surface area contributed by atoms with E-state index in [1.165, 1.54) is 0 Å². The Bertz CT molecular complexity index is 966. The van der Waals surface area contributed by atoms with Crippen LogP contribution < -0.4 is 4.74 Å². The lowest BCUT2D eigenvalue weighted by atomic mass is 9.85. The van der Waals surface area contributed by atoms with Gasteiger partial charge in [-0.3, -0.25) is 4.84 Å². The van der Waals surface area contributed by atoms with Crippen LogP contribution in [0.3, 0.4) is 0 Å². The molecule has 8 heteroatoms. The number of hydroxylamine groups is 2. The summed E-state index contributed by atoms with van der Waals surface area (Å²) in [5.74, 6) is 0.545. The van der Waals surface area contributed by atoms with Crippen LogP contribution in [0.25, 0.3) is 0 Å². The molecule has 0 spiro atoms. The zero-order valence-corrected chi connectivity index (χ0v) is 18.0. The number of ether oxygens (including phenoxy) is 1. The van der Waals surface area contributed by atoms with Crippen LogP contribution in [0.4, 0.5) is 0 Å². The maximum atomic E-state index is 6.21. The highest BCUT2D eigenvalue weighted by atomic mass is 35.5. The summed E-state index contributed by atoms with van der Waals surface area (Å²) in [4.78, 5) is 10.3. The van der Waals surface area contributed by atoms with Gasteiger partial charge in [-0.25, -0.2) is 4.98 Å². The molecule has 1 fully saturated rings. The van der Waals surface area contributed by atoms with Crippen LogP contribution >= 0.6 is 34.8 Å². The van der Waals surface area contributed by atoms with Gasteiger partial charge in [0.25, 0.3) is 0 Å². The molecule has 0 radical (unpaired) electrons. The van der Waals surface area contributed by atoms with Gasteiger partial charge in [-0.2, -0.15) is 5.06 Å². The van der Waals surface area contributed by atoms with Crippen molar-refractivity contribution in [1.82, 2.24) is 14.6 Å². The molecule has 3 aromatic rings. The normalized spacial score (nSPS) is 22.1. The molecule has 0 saturated carbocycles. The summed E-state index contributed by atoms with van der Waals surface area (Å²) in [6, 6.07) is 13.0. The largest absolute Gasteiger partial charge is 0.489 e. The number of benzene rings is 2. The average Bonchev–Trinajstić information content (AvgIpc) is 3.32. The number of hydrogen-bond acceptors (Lipinski definition) is 4. The molecule has 1 saturated heterocycles. The van der Waals surface area contributed by atoms with Crippen molar-refractivity contribution in [3.05, 3.63) is 81.8 Å². The Morgan fingerprint density at radius 1 is 1.14 bits per heavy atom. The Morgan fingerprint density at radius 2 is 1.90 bits per heavy atom. The van der Waals surface area contributed by atoms with Crippen LogP contribution in [0.15, 0.2) is 61.2 Å². The quantitative estimate of drug-likeness (QED) is 0.498. The average molecular weight is 453 g/mol. The van der Waals surface area contributed by atoms with Crippen molar-refractivity contribution in [2.75, 3.05) is 13.7 Å². The standard InChI is InChI=1S/C21H20Cl3N3O2/c1-26-21(13-27-9-8-25-14-27,15-2-4-16(22)5-3-15)11-18(29-26)12-28-20-10-17(23)6-7-19(20)24/h2-10,14,18H,11-13H2,1H3. The summed E-state index contributed by atoms with van der Waals surface area (Å²) in [7, 11) is 1.94. The smallest absolute Gasteiger partial charge is 0.139 e. The van der Waals surface area contributed by atoms with Crippen LogP contribution in [0.5, 0.6) is 5.75 Å². The SMILES string of the molecule is CN1OC(COc2cc(Cl)ccc2Cl)CC1(Cn1ccnc1)c1ccc(Cl)cc1. The molecule has 0 aliphatic carbocycles. The highest BCUT2D eigenvalue weighted by molar-refractivity contribution is 6.34. The van der Waals surface area contributed by atoms with E-state index in [0.717, 1.165) is 12.0 Å². The minimum atomic E-state index is -0.391.